The van der Waals surface area contributed by atoms with Gasteiger partial charge in [0.2, 0.25) is 5.95 Å². The Labute approximate surface area is 121 Å². The minimum absolute atomic E-state index is 0.485. The second kappa shape index (κ2) is 4.40. The third kappa shape index (κ3) is 1.83. The Bertz CT molecular complexity index is 734. The van der Waals surface area contributed by atoms with Crippen LogP contribution in [0.25, 0.3) is 16.7 Å². The summed E-state index contributed by atoms with van der Waals surface area (Å²) in [5, 5.41) is 0. The van der Waals surface area contributed by atoms with Crippen molar-refractivity contribution in [1.29, 1.82) is 0 Å². The number of hydrogen-bond acceptors (Lipinski definition) is 2. The van der Waals surface area contributed by atoms with Gasteiger partial charge in [0.05, 0.1) is 16.7 Å². The van der Waals surface area contributed by atoms with Gasteiger partial charge in [0.1, 0.15) is 0 Å². The highest BCUT2D eigenvalue weighted by Crippen LogP contribution is 2.30. The molecule has 5 heteroatoms. The lowest BCUT2D eigenvalue weighted by Gasteiger charge is -2.09. The van der Waals surface area contributed by atoms with E-state index >= 15 is 0 Å². The van der Waals surface area contributed by atoms with Crippen molar-refractivity contribution in [3.8, 4) is 5.69 Å². The maximum Gasteiger partial charge on any atom is 0.205 e. The number of nitrogen functional groups attached to an aromatic ring is 1. The topological polar surface area (TPSA) is 43.8 Å². The summed E-state index contributed by atoms with van der Waals surface area (Å²) in [6, 6.07) is 13.9. The van der Waals surface area contributed by atoms with Crippen molar-refractivity contribution in [2.24, 2.45) is 0 Å². The van der Waals surface area contributed by atoms with Crippen molar-refractivity contribution >= 4 is 48.8 Å². The lowest BCUT2D eigenvalue weighted by atomic mass is 10.3. The first-order chi connectivity index (χ1) is 8.66. The fraction of sp³-hybridized carbons (Fsp3) is 0. The Morgan fingerprint density at radius 1 is 1.06 bits per heavy atom. The number of aromatic nitrogens is 2. The molecule has 0 fully saturated rings. The number of fused-ring (bicyclic) bond motifs is 1. The molecular weight excluding hydrogens is 358 g/mol. The van der Waals surface area contributed by atoms with E-state index in [0.29, 0.717) is 5.95 Å². The largest absolute Gasteiger partial charge is 0.369 e. The molecule has 1 heterocycles. The number of benzene rings is 2. The Hall–Kier alpha value is -1.33. The molecule has 2 aromatic carbocycles. The Morgan fingerprint density at radius 3 is 2.61 bits per heavy atom. The first-order valence-corrected chi connectivity index (χ1v) is 6.94. The minimum Gasteiger partial charge on any atom is -0.369 e. The van der Waals surface area contributed by atoms with E-state index in [2.05, 4.69) is 36.8 Å². The van der Waals surface area contributed by atoms with Crippen LogP contribution in [0.4, 0.5) is 5.95 Å². The van der Waals surface area contributed by atoms with E-state index in [1.54, 1.807) is 0 Å². The van der Waals surface area contributed by atoms with Crippen LogP contribution >= 0.6 is 31.9 Å². The van der Waals surface area contributed by atoms with Crippen molar-refractivity contribution in [2.45, 2.75) is 0 Å². The molecule has 0 unspecified atom stereocenters. The summed E-state index contributed by atoms with van der Waals surface area (Å²) in [6.45, 7) is 0. The van der Waals surface area contributed by atoms with Gasteiger partial charge in [-0.3, -0.25) is 4.57 Å². The summed E-state index contributed by atoms with van der Waals surface area (Å²) in [4.78, 5) is 4.36. The highest BCUT2D eigenvalue weighted by Gasteiger charge is 2.11. The smallest absolute Gasteiger partial charge is 0.205 e. The molecule has 0 bridgehead atoms. The molecular formula is C13H9Br2N3. The van der Waals surface area contributed by atoms with Crippen LogP contribution in [0.15, 0.2) is 51.4 Å². The molecule has 0 radical (unpaired) electrons. The molecule has 90 valence electrons. The maximum absolute atomic E-state index is 6.01. The summed E-state index contributed by atoms with van der Waals surface area (Å²) >= 11 is 7.00. The average Bonchev–Trinajstić information content (AvgIpc) is 2.66. The van der Waals surface area contributed by atoms with Gasteiger partial charge in [0.15, 0.2) is 0 Å². The second-order valence-corrected chi connectivity index (χ2v) is 5.66. The standard InChI is InChI=1S/C13H9Br2N3/c14-8-5-6-11(9(15)7-8)18-12-4-2-1-3-10(12)17-13(18)16/h1-7H,(H2,16,17). The van der Waals surface area contributed by atoms with Crippen LogP contribution in [-0.4, -0.2) is 9.55 Å². The summed E-state index contributed by atoms with van der Waals surface area (Å²) in [5.74, 6) is 0.485. The highest BCUT2D eigenvalue weighted by atomic mass is 79.9. The summed E-state index contributed by atoms with van der Waals surface area (Å²) < 4.78 is 3.92. The Balaban J connectivity index is 2.34. The normalized spacial score (nSPS) is 11.0. The molecule has 0 saturated heterocycles. The SMILES string of the molecule is Nc1nc2ccccc2n1-c1ccc(Br)cc1Br. The van der Waals surface area contributed by atoms with Crippen molar-refractivity contribution in [1.82, 2.24) is 9.55 Å². The molecule has 0 aliphatic carbocycles. The van der Waals surface area contributed by atoms with Gasteiger partial charge in [-0.1, -0.05) is 28.1 Å². The zero-order valence-corrected chi connectivity index (χ0v) is 12.4. The van der Waals surface area contributed by atoms with Gasteiger partial charge < -0.3 is 5.73 Å². The molecule has 0 atom stereocenters. The first kappa shape index (κ1) is 11.7. The van der Waals surface area contributed by atoms with E-state index in [-0.39, 0.29) is 0 Å². The number of halogens is 2. The van der Waals surface area contributed by atoms with Crippen LogP contribution in [0.5, 0.6) is 0 Å². The van der Waals surface area contributed by atoms with Crippen LogP contribution in [0.2, 0.25) is 0 Å². The number of rotatable bonds is 1. The quantitative estimate of drug-likeness (QED) is 0.703. The van der Waals surface area contributed by atoms with Crippen LogP contribution in [0.1, 0.15) is 0 Å². The molecule has 3 nitrogen and oxygen atoms in total. The lowest BCUT2D eigenvalue weighted by Crippen LogP contribution is -2.01. The molecule has 18 heavy (non-hydrogen) atoms. The fourth-order valence-electron chi connectivity index (χ4n) is 1.96. The Morgan fingerprint density at radius 2 is 1.83 bits per heavy atom. The number of hydrogen-bond donors (Lipinski definition) is 1. The third-order valence-electron chi connectivity index (χ3n) is 2.74. The van der Waals surface area contributed by atoms with E-state index in [0.717, 1.165) is 25.7 Å². The predicted octanol–water partition coefficient (Wildman–Crippen LogP) is 4.13. The molecule has 2 N–H and O–H groups in total. The number of para-hydroxylation sites is 2. The van der Waals surface area contributed by atoms with Crippen LogP contribution in [-0.2, 0) is 0 Å². The zero-order valence-electron chi connectivity index (χ0n) is 9.27. The first-order valence-electron chi connectivity index (χ1n) is 5.35. The van der Waals surface area contributed by atoms with Gasteiger partial charge >= 0.3 is 0 Å². The second-order valence-electron chi connectivity index (χ2n) is 3.89. The van der Waals surface area contributed by atoms with E-state index in [9.17, 15) is 0 Å². The van der Waals surface area contributed by atoms with Crippen LogP contribution < -0.4 is 5.73 Å². The zero-order chi connectivity index (χ0) is 12.7. The van der Waals surface area contributed by atoms with Crippen molar-refractivity contribution in [3.05, 3.63) is 51.4 Å². The van der Waals surface area contributed by atoms with E-state index in [1.807, 2.05) is 47.0 Å². The summed E-state index contributed by atoms with van der Waals surface area (Å²) in [5.41, 5.74) is 8.88. The van der Waals surface area contributed by atoms with Crippen molar-refractivity contribution in [3.63, 3.8) is 0 Å². The van der Waals surface area contributed by atoms with Crippen molar-refractivity contribution in [2.75, 3.05) is 5.73 Å². The molecule has 0 aliphatic heterocycles. The maximum atomic E-state index is 6.01. The van der Waals surface area contributed by atoms with Gasteiger partial charge in [-0.05, 0) is 46.3 Å². The monoisotopic (exact) mass is 365 g/mol. The van der Waals surface area contributed by atoms with Gasteiger partial charge in [-0.25, -0.2) is 4.98 Å². The molecule has 0 spiro atoms. The highest BCUT2D eigenvalue weighted by molar-refractivity contribution is 9.11. The number of nitrogens with zero attached hydrogens (tertiary/aromatic N) is 2. The average molecular weight is 367 g/mol. The van der Waals surface area contributed by atoms with Crippen LogP contribution in [0.3, 0.4) is 0 Å². The number of anilines is 1. The van der Waals surface area contributed by atoms with Gasteiger partial charge in [0, 0.05) is 8.95 Å². The van der Waals surface area contributed by atoms with Crippen LogP contribution in [0, 0.1) is 0 Å². The number of nitrogens with two attached hydrogens (primary N) is 1. The summed E-state index contributed by atoms with van der Waals surface area (Å²) in [6.07, 6.45) is 0. The lowest BCUT2D eigenvalue weighted by molar-refractivity contribution is 1.10. The van der Waals surface area contributed by atoms with Gasteiger partial charge in [-0.2, -0.15) is 0 Å². The van der Waals surface area contributed by atoms with E-state index in [1.165, 1.54) is 0 Å². The molecule has 0 amide bonds. The fourth-order valence-corrected chi connectivity index (χ4v) is 3.18. The summed E-state index contributed by atoms with van der Waals surface area (Å²) in [7, 11) is 0. The molecule has 3 rings (SSSR count). The molecule has 3 aromatic rings. The number of imidazole rings is 1. The third-order valence-corrected chi connectivity index (χ3v) is 3.87. The predicted molar refractivity (Wildman–Crippen MR) is 80.9 cm³/mol. The van der Waals surface area contributed by atoms with Gasteiger partial charge in [-0.15, -0.1) is 0 Å². The Kier molecular flexibility index (Phi) is 2.87. The van der Waals surface area contributed by atoms with E-state index < -0.39 is 0 Å². The van der Waals surface area contributed by atoms with Crippen molar-refractivity contribution < 1.29 is 0 Å². The molecule has 0 aliphatic rings. The molecule has 0 saturated carbocycles. The molecule has 1 aromatic heterocycles. The minimum atomic E-state index is 0.485. The van der Waals surface area contributed by atoms with E-state index in [4.69, 9.17) is 5.73 Å². The van der Waals surface area contributed by atoms with Gasteiger partial charge in [0.25, 0.3) is 0 Å².